The van der Waals surface area contributed by atoms with Gasteiger partial charge in [0, 0.05) is 13.1 Å². The van der Waals surface area contributed by atoms with E-state index in [9.17, 15) is 14.7 Å². The van der Waals surface area contributed by atoms with Gasteiger partial charge in [-0.15, -0.1) is 0 Å². The second-order valence-corrected chi connectivity index (χ2v) is 6.55. The summed E-state index contributed by atoms with van der Waals surface area (Å²) in [6.07, 6.45) is 0.121. The van der Waals surface area contributed by atoms with Gasteiger partial charge in [-0.25, -0.2) is 4.79 Å². The van der Waals surface area contributed by atoms with Crippen molar-refractivity contribution in [2.24, 2.45) is 0 Å². The molecule has 0 spiro atoms. The van der Waals surface area contributed by atoms with Crippen LogP contribution in [0, 0.1) is 0 Å². The zero-order valence-electron chi connectivity index (χ0n) is 14.5. The van der Waals surface area contributed by atoms with Gasteiger partial charge < -0.3 is 14.4 Å². The second-order valence-electron chi connectivity index (χ2n) is 6.55. The smallest absolute Gasteiger partial charge is 0.408 e. The summed E-state index contributed by atoms with van der Waals surface area (Å²) < 4.78 is 8.40. The first-order valence-electron chi connectivity index (χ1n) is 8.64. The largest absolute Gasteiger partial charge is 0.420 e. The fourth-order valence-electron chi connectivity index (χ4n) is 3.30. The van der Waals surface area contributed by atoms with Crippen LogP contribution in [0.15, 0.2) is 39.5 Å². The molecule has 1 amide bonds. The van der Waals surface area contributed by atoms with E-state index in [-0.39, 0.29) is 12.5 Å². The van der Waals surface area contributed by atoms with Gasteiger partial charge in [-0.05, 0) is 31.5 Å². The lowest BCUT2D eigenvalue weighted by Crippen LogP contribution is -2.35. The Morgan fingerprint density at radius 1 is 1.35 bits per heavy atom. The standard InChI is InChI=1S/C18H20N4O4/c1-12(23)14-9-13-10-20(7-4-8-22(13)19-14)17(24)11-21-15-5-2-3-6-16(15)26-18(21)25/h2-3,5-6,9,12,23H,4,7-8,10-11H2,1H3/t12-/m1/s1. The average Bonchev–Trinajstić information content (AvgIpc) is 3.09. The number of aryl methyl sites for hydroxylation is 1. The van der Waals surface area contributed by atoms with Crippen LogP contribution >= 0.6 is 0 Å². The first-order chi connectivity index (χ1) is 12.5. The number of oxazole rings is 1. The van der Waals surface area contributed by atoms with Crippen molar-refractivity contribution in [2.75, 3.05) is 6.54 Å². The van der Waals surface area contributed by atoms with Gasteiger partial charge in [0.1, 0.15) is 6.54 Å². The topological polar surface area (TPSA) is 93.5 Å². The number of nitrogens with zero attached hydrogens (tertiary/aromatic N) is 4. The predicted octanol–water partition coefficient (Wildman–Crippen LogP) is 1.28. The lowest BCUT2D eigenvalue weighted by Gasteiger charge is -2.20. The SMILES string of the molecule is C[C@@H](O)c1cc2n(n1)CCCN(C(=O)Cn1c(=O)oc3ccccc31)C2. The minimum atomic E-state index is -0.644. The molecule has 0 saturated carbocycles. The number of benzene rings is 1. The molecule has 8 nitrogen and oxygen atoms in total. The molecule has 0 unspecified atom stereocenters. The quantitative estimate of drug-likeness (QED) is 0.763. The summed E-state index contributed by atoms with van der Waals surface area (Å²) in [5.41, 5.74) is 2.57. The molecular formula is C18H20N4O4. The van der Waals surface area contributed by atoms with Gasteiger partial charge in [0.05, 0.1) is 29.6 Å². The number of aliphatic hydroxyl groups excluding tert-OH is 1. The summed E-state index contributed by atoms with van der Waals surface area (Å²) in [6.45, 7) is 3.30. The first kappa shape index (κ1) is 16.6. The number of amides is 1. The number of aromatic nitrogens is 3. The van der Waals surface area contributed by atoms with E-state index in [1.165, 1.54) is 4.57 Å². The third-order valence-corrected chi connectivity index (χ3v) is 4.68. The molecular weight excluding hydrogens is 336 g/mol. The summed E-state index contributed by atoms with van der Waals surface area (Å²) in [4.78, 5) is 26.6. The predicted molar refractivity (Wildman–Crippen MR) is 93.4 cm³/mol. The highest BCUT2D eigenvalue weighted by Gasteiger charge is 2.23. The number of hydrogen-bond acceptors (Lipinski definition) is 5. The van der Waals surface area contributed by atoms with E-state index in [1.54, 1.807) is 36.1 Å². The Morgan fingerprint density at radius 3 is 2.96 bits per heavy atom. The van der Waals surface area contributed by atoms with E-state index in [2.05, 4.69) is 5.10 Å². The highest BCUT2D eigenvalue weighted by Crippen LogP contribution is 2.18. The van der Waals surface area contributed by atoms with Gasteiger partial charge in [-0.2, -0.15) is 5.10 Å². The van der Waals surface area contributed by atoms with Crippen molar-refractivity contribution in [3.63, 3.8) is 0 Å². The van der Waals surface area contributed by atoms with Crippen LogP contribution in [0.2, 0.25) is 0 Å². The van der Waals surface area contributed by atoms with Crippen LogP contribution in [0.25, 0.3) is 11.1 Å². The Balaban J connectivity index is 1.57. The molecule has 1 aromatic carbocycles. The molecule has 136 valence electrons. The van der Waals surface area contributed by atoms with Gasteiger partial charge in [0.2, 0.25) is 5.91 Å². The Bertz CT molecular complexity index is 1010. The summed E-state index contributed by atoms with van der Waals surface area (Å²) >= 11 is 0. The van der Waals surface area contributed by atoms with Gasteiger partial charge >= 0.3 is 5.76 Å². The van der Waals surface area contributed by atoms with Crippen LogP contribution in [0.3, 0.4) is 0 Å². The normalized spacial score (nSPS) is 15.7. The van der Waals surface area contributed by atoms with Crippen molar-refractivity contribution in [2.45, 2.75) is 39.1 Å². The second kappa shape index (κ2) is 6.45. The van der Waals surface area contributed by atoms with E-state index in [1.807, 2.05) is 10.7 Å². The summed E-state index contributed by atoms with van der Waals surface area (Å²) in [6, 6.07) is 8.89. The third kappa shape index (κ3) is 2.92. The molecule has 3 heterocycles. The number of rotatable bonds is 3. The van der Waals surface area contributed by atoms with E-state index >= 15 is 0 Å². The molecule has 0 fully saturated rings. The minimum Gasteiger partial charge on any atom is -0.408 e. The highest BCUT2D eigenvalue weighted by atomic mass is 16.4. The Morgan fingerprint density at radius 2 is 2.15 bits per heavy atom. The van der Waals surface area contributed by atoms with Gasteiger partial charge in [-0.3, -0.25) is 14.0 Å². The molecule has 8 heteroatoms. The highest BCUT2D eigenvalue weighted by molar-refractivity contribution is 5.79. The number of carbonyl (C=O) groups excluding carboxylic acids is 1. The maximum atomic E-state index is 12.8. The molecule has 0 saturated heterocycles. The lowest BCUT2D eigenvalue weighted by atomic mass is 10.2. The third-order valence-electron chi connectivity index (χ3n) is 4.68. The molecule has 1 N–H and O–H groups in total. The molecule has 0 radical (unpaired) electrons. The Labute approximate surface area is 149 Å². The Kier molecular flexibility index (Phi) is 4.12. The number of hydrogen-bond donors (Lipinski definition) is 1. The zero-order valence-corrected chi connectivity index (χ0v) is 14.5. The maximum Gasteiger partial charge on any atom is 0.420 e. The van der Waals surface area contributed by atoms with Crippen molar-refractivity contribution in [3.05, 3.63) is 52.3 Å². The van der Waals surface area contributed by atoms with E-state index in [0.717, 1.165) is 12.1 Å². The van der Waals surface area contributed by atoms with Crippen molar-refractivity contribution in [1.29, 1.82) is 0 Å². The summed E-state index contributed by atoms with van der Waals surface area (Å²) in [7, 11) is 0. The van der Waals surface area contributed by atoms with E-state index in [0.29, 0.717) is 36.4 Å². The summed E-state index contributed by atoms with van der Waals surface area (Å²) in [5, 5.41) is 14.1. The van der Waals surface area contributed by atoms with Crippen LogP contribution in [-0.4, -0.2) is 36.8 Å². The molecule has 1 atom stereocenters. The Hall–Kier alpha value is -2.87. The van der Waals surface area contributed by atoms with Crippen molar-refractivity contribution >= 4 is 17.0 Å². The summed E-state index contributed by atoms with van der Waals surface area (Å²) in [5.74, 6) is -0.678. The molecule has 2 aromatic heterocycles. The lowest BCUT2D eigenvalue weighted by molar-refractivity contribution is -0.132. The number of carbonyl (C=O) groups is 1. The fourth-order valence-corrected chi connectivity index (χ4v) is 3.30. The van der Waals surface area contributed by atoms with Gasteiger partial charge in [0.25, 0.3) is 0 Å². The number of aliphatic hydroxyl groups is 1. The maximum absolute atomic E-state index is 12.8. The van der Waals surface area contributed by atoms with Crippen LogP contribution < -0.4 is 5.76 Å². The molecule has 4 rings (SSSR count). The molecule has 1 aliphatic rings. The molecule has 3 aromatic rings. The monoisotopic (exact) mass is 356 g/mol. The van der Waals surface area contributed by atoms with Crippen molar-refractivity contribution in [3.8, 4) is 0 Å². The molecule has 1 aliphatic heterocycles. The molecule has 26 heavy (non-hydrogen) atoms. The number of para-hydroxylation sites is 2. The minimum absolute atomic E-state index is 0.0623. The first-order valence-corrected chi connectivity index (χ1v) is 8.64. The van der Waals surface area contributed by atoms with Gasteiger partial charge in [-0.1, -0.05) is 12.1 Å². The van der Waals surface area contributed by atoms with E-state index < -0.39 is 11.9 Å². The van der Waals surface area contributed by atoms with Crippen molar-refractivity contribution < 1.29 is 14.3 Å². The average molecular weight is 356 g/mol. The fraction of sp³-hybridized carbons (Fsp3) is 0.389. The van der Waals surface area contributed by atoms with Crippen molar-refractivity contribution in [1.82, 2.24) is 19.2 Å². The molecule has 0 bridgehead atoms. The zero-order chi connectivity index (χ0) is 18.3. The van der Waals surface area contributed by atoms with Crippen LogP contribution in [-0.2, 0) is 24.4 Å². The number of fused-ring (bicyclic) bond motifs is 2. The molecule has 0 aliphatic carbocycles. The van der Waals surface area contributed by atoms with Crippen LogP contribution in [0.1, 0.15) is 30.8 Å². The van der Waals surface area contributed by atoms with Gasteiger partial charge in [0.15, 0.2) is 5.58 Å². The van der Waals surface area contributed by atoms with Crippen LogP contribution in [0.4, 0.5) is 0 Å². The van der Waals surface area contributed by atoms with E-state index in [4.69, 9.17) is 4.42 Å². The van der Waals surface area contributed by atoms with Crippen LogP contribution in [0.5, 0.6) is 0 Å².